The maximum absolute atomic E-state index is 12.6. The normalized spacial score (nSPS) is 15.7. The first-order valence-electron chi connectivity index (χ1n) is 8.67. The van der Waals surface area contributed by atoms with Gasteiger partial charge in [0.15, 0.2) is 0 Å². The first kappa shape index (κ1) is 19.2. The van der Waals surface area contributed by atoms with E-state index in [1.807, 2.05) is 11.0 Å². The lowest BCUT2D eigenvalue weighted by molar-refractivity contribution is -0.137. The maximum Gasteiger partial charge on any atom is 0.417 e. The van der Waals surface area contributed by atoms with Gasteiger partial charge in [0.1, 0.15) is 5.82 Å². The molecule has 27 heavy (non-hydrogen) atoms. The average molecular weight is 379 g/mol. The molecule has 0 spiro atoms. The zero-order valence-corrected chi connectivity index (χ0v) is 14.5. The molecule has 3 rings (SSSR count). The van der Waals surface area contributed by atoms with Crippen LogP contribution < -0.4 is 10.2 Å². The second-order valence-corrected chi connectivity index (χ2v) is 6.55. The van der Waals surface area contributed by atoms with Gasteiger partial charge in [0.05, 0.1) is 11.1 Å². The molecule has 0 atom stereocenters. The second kappa shape index (κ2) is 7.96. The third kappa shape index (κ3) is 4.97. The van der Waals surface area contributed by atoms with Crippen LogP contribution >= 0.6 is 0 Å². The first-order chi connectivity index (χ1) is 12.8. The highest BCUT2D eigenvalue weighted by Gasteiger charge is 2.31. The number of halogens is 3. The fourth-order valence-electron chi connectivity index (χ4n) is 3.13. The fourth-order valence-corrected chi connectivity index (χ4v) is 3.13. The number of carboxylic acids is 1. The Balaban J connectivity index is 1.50. The van der Waals surface area contributed by atoms with Crippen molar-refractivity contribution in [2.75, 3.05) is 18.0 Å². The van der Waals surface area contributed by atoms with Gasteiger partial charge in [-0.3, -0.25) is 0 Å². The molecule has 0 saturated carbocycles. The molecule has 1 aliphatic heterocycles. The monoisotopic (exact) mass is 379 g/mol. The fraction of sp³-hybridized carbons (Fsp3) is 0.368. The Bertz CT molecular complexity index is 786. The SMILES string of the molecule is O=C(O)c1cccc(CNC2CCN(c3ccc(C(F)(F)F)cn3)CC2)c1. The van der Waals surface area contributed by atoms with Crippen molar-refractivity contribution in [3.8, 4) is 0 Å². The molecule has 5 nitrogen and oxygen atoms in total. The molecular formula is C19H20F3N3O2. The van der Waals surface area contributed by atoms with Crippen LogP contribution in [0, 0.1) is 0 Å². The number of pyridine rings is 1. The highest BCUT2D eigenvalue weighted by Crippen LogP contribution is 2.29. The van der Waals surface area contributed by atoms with E-state index in [0.29, 0.717) is 25.5 Å². The summed E-state index contributed by atoms with van der Waals surface area (Å²) < 4.78 is 37.8. The molecule has 2 N–H and O–H groups in total. The number of piperidine rings is 1. The van der Waals surface area contributed by atoms with Crippen molar-refractivity contribution in [1.82, 2.24) is 10.3 Å². The predicted molar refractivity (Wildman–Crippen MR) is 94.7 cm³/mol. The van der Waals surface area contributed by atoms with Crippen LogP contribution in [-0.2, 0) is 12.7 Å². The number of carbonyl (C=O) groups is 1. The molecule has 0 radical (unpaired) electrons. The Labute approximate surface area is 154 Å². The predicted octanol–water partition coefficient (Wildman–Crippen LogP) is 3.56. The van der Waals surface area contributed by atoms with Crippen LogP contribution in [0.1, 0.15) is 34.3 Å². The van der Waals surface area contributed by atoms with E-state index in [1.54, 1.807) is 18.2 Å². The zero-order chi connectivity index (χ0) is 19.4. The Kier molecular flexibility index (Phi) is 5.65. The van der Waals surface area contributed by atoms with Gasteiger partial charge in [-0.25, -0.2) is 9.78 Å². The lowest BCUT2D eigenvalue weighted by Crippen LogP contribution is -2.42. The van der Waals surface area contributed by atoms with Gasteiger partial charge in [-0.2, -0.15) is 13.2 Å². The molecule has 1 fully saturated rings. The van der Waals surface area contributed by atoms with Gasteiger partial charge < -0.3 is 15.3 Å². The molecule has 0 amide bonds. The van der Waals surface area contributed by atoms with E-state index in [1.165, 1.54) is 6.07 Å². The third-order valence-corrected chi connectivity index (χ3v) is 4.66. The Morgan fingerprint density at radius 3 is 2.56 bits per heavy atom. The van der Waals surface area contributed by atoms with Crippen LogP contribution in [0.25, 0.3) is 0 Å². The number of alkyl halides is 3. The number of rotatable bonds is 5. The van der Waals surface area contributed by atoms with Crippen LogP contribution in [0.4, 0.5) is 19.0 Å². The van der Waals surface area contributed by atoms with Crippen molar-refractivity contribution in [2.45, 2.75) is 31.6 Å². The van der Waals surface area contributed by atoms with E-state index in [2.05, 4.69) is 10.3 Å². The molecule has 144 valence electrons. The number of nitrogens with zero attached hydrogens (tertiary/aromatic N) is 2. The van der Waals surface area contributed by atoms with Crippen molar-refractivity contribution >= 4 is 11.8 Å². The quantitative estimate of drug-likeness (QED) is 0.832. The summed E-state index contributed by atoms with van der Waals surface area (Å²) in [6, 6.07) is 9.54. The Hall–Kier alpha value is -2.61. The van der Waals surface area contributed by atoms with Crippen LogP contribution in [0.3, 0.4) is 0 Å². The topological polar surface area (TPSA) is 65.5 Å². The minimum absolute atomic E-state index is 0.262. The first-order valence-corrected chi connectivity index (χ1v) is 8.67. The number of aromatic carboxylic acids is 1. The van der Waals surface area contributed by atoms with Crippen LogP contribution in [0.15, 0.2) is 42.6 Å². The van der Waals surface area contributed by atoms with Gasteiger partial charge in [0.25, 0.3) is 0 Å². The van der Waals surface area contributed by atoms with E-state index in [0.717, 1.165) is 30.7 Å². The lowest BCUT2D eigenvalue weighted by atomic mass is 10.0. The third-order valence-electron chi connectivity index (χ3n) is 4.66. The zero-order valence-electron chi connectivity index (χ0n) is 14.5. The van der Waals surface area contributed by atoms with E-state index >= 15 is 0 Å². The average Bonchev–Trinajstić information content (AvgIpc) is 2.66. The molecule has 0 aliphatic carbocycles. The molecule has 0 unspecified atom stereocenters. The number of carboxylic acid groups (broad SMARTS) is 1. The number of anilines is 1. The number of hydrogen-bond acceptors (Lipinski definition) is 4. The van der Waals surface area contributed by atoms with Crippen molar-refractivity contribution in [1.29, 1.82) is 0 Å². The molecule has 2 aromatic rings. The van der Waals surface area contributed by atoms with Gasteiger partial charge in [-0.05, 0) is 42.7 Å². The molecule has 1 aromatic carbocycles. The summed E-state index contributed by atoms with van der Waals surface area (Å²) in [6.07, 6.45) is -1.84. The highest BCUT2D eigenvalue weighted by molar-refractivity contribution is 5.87. The van der Waals surface area contributed by atoms with Crippen molar-refractivity contribution in [3.05, 3.63) is 59.3 Å². The minimum Gasteiger partial charge on any atom is -0.478 e. The van der Waals surface area contributed by atoms with Gasteiger partial charge in [-0.15, -0.1) is 0 Å². The molecule has 2 heterocycles. The summed E-state index contributed by atoms with van der Waals surface area (Å²) in [5.74, 6) is -0.398. The van der Waals surface area contributed by atoms with E-state index in [-0.39, 0.29) is 11.6 Å². The smallest absolute Gasteiger partial charge is 0.417 e. The molecule has 1 aromatic heterocycles. The largest absolute Gasteiger partial charge is 0.478 e. The van der Waals surface area contributed by atoms with Gasteiger partial charge in [0, 0.05) is 31.9 Å². The summed E-state index contributed by atoms with van der Waals surface area (Å²) in [6.45, 7) is 1.97. The van der Waals surface area contributed by atoms with Crippen molar-refractivity contribution < 1.29 is 23.1 Å². The van der Waals surface area contributed by atoms with Crippen LogP contribution in [0.2, 0.25) is 0 Å². The van der Waals surface area contributed by atoms with Crippen LogP contribution in [-0.4, -0.2) is 35.2 Å². The molecule has 1 aliphatic rings. The minimum atomic E-state index is -4.37. The standard InChI is InChI=1S/C19H20F3N3O2/c20-19(21,22)15-4-5-17(24-12-15)25-8-6-16(7-9-25)23-11-13-2-1-3-14(10-13)18(26)27/h1-5,10,12,16,23H,6-9,11H2,(H,26,27). The number of hydrogen-bond donors (Lipinski definition) is 2. The summed E-state index contributed by atoms with van der Waals surface area (Å²) in [4.78, 5) is 16.9. The number of benzene rings is 1. The molecule has 1 saturated heterocycles. The number of aromatic nitrogens is 1. The highest BCUT2D eigenvalue weighted by atomic mass is 19.4. The summed E-state index contributed by atoms with van der Waals surface area (Å²) in [5.41, 5.74) is 0.422. The van der Waals surface area contributed by atoms with Crippen molar-refractivity contribution in [2.24, 2.45) is 0 Å². The van der Waals surface area contributed by atoms with Gasteiger partial charge in [-0.1, -0.05) is 12.1 Å². The summed E-state index contributed by atoms with van der Waals surface area (Å²) in [5, 5.41) is 12.4. The summed E-state index contributed by atoms with van der Waals surface area (Å²) in [7, 11) is 0. The maximum atomic E-state index is 12.6. The van der Waals surface area contributed by atoms with E-state index in [9.17, 15) is 18.0 Å². The summed E-state index contributed by atoms with van der Waals surface area (Å²) >= 11 is 0. The van der Waals surface area contributed by atoms with Crippen molar-refractivity contribution in [3.63, 3.8) is 0 Å². The molecule has 0 bridgehead atoms. The number of nitrogens with one attached hydrogen (secondary N) is 1. The Morgan fingerprint density at radius 2 is 1.96 bits per heavy atom. The van der Waals surface area contributed by atoms with E-state index in [4.69, 9.17) is 5.11 Å². The van der Waals surface area contributed by atoms with E-state index < -0.39 is 17.7 Å². The Morgan fingerprint density at radius 1 is 1.22 bits per heavy atom. The van der Waals surface area contributed by atoms with Gasteiger partial charge in [0.2, 0.25) is 0 Å². The molecular weight excluding hydrogens is 359 g/mol. The second-order valence-electron chi connectivity index (χ2n) is 6.55. The molecule has 8 heteroatoms. The van der Waals surface area contributed by atoms with Crippen LogP contribution in [0.5, 0.6) is 0 Å². The van der Waals surface area contributed by atoms with Gasteiger partial charge >= 0.3 is 12.1 Å². The lowest BCUT2D eigenvalue weighted by Gasteiger charge is -2.33.